The minimum absolute atomic E-state index is 0.208. The molecule has 1 amide bonds. The highest BCUT2D eigenvalue weighted by Crippen LogP contribution is 2.17. The zero-order chi connectivity index (χ0) is 13.7. The van der Waals surface area contributed by atoms with Gasteiger partial charge in [0.2, 0.25) is 5.91 Å². The van der Waals surface area contributed by atoms with Crippen molar-refractivity contribution in [3.8, 4) is 0 Å². The van der Waals surface area contributed by atoms with Crippen LogP contribution in [-0.2, 0) is 11.3 Å². The van der Waals surface area contributed by atoms with E-state index < -0.39 is 0 Å². The largest absolute Gasteiger partial charge is 0.353 e. The number of aromatic nitrogens is 1. The van der Waals surface area contributed by atoms with Crippen LogP contribution < -0.4 is 5.32 Å². The van der Waals surface area contributed by atoms with Crippen LogP contribution in [0.3, 0.4) is 0 Å². The first-order valence-electron chi connectivity index (χ1n) is 7.59. The number of amides is 1. The average molecular weight is 262 g/mol. The molecule has 0 unspecified atom stereocenters. The molecule has 1 fully saturated rings. The number of rotatable bonds is 4. The number of carbonyl (C=O) groups excluding carboxylic acids is 1. The molecule has 1 saturated carbocycles. The third-order valence-electron chi connectivity index (χ3n) is 4.20. The van der Waals surface area contributed by atoms with E-state index >= 15 is 0 Å². The Labute approximate surface area is 116 Å². The van der Waals surface area contributed by atoms with Crippen LogP contribution in [0, 0.1) is 13.8 Å². The molecule has 0 bridgehead atoms. The number of aryl methyl sites for hydroxylation is 2. The van der Waals surface area contributed by atoms with Gasteiger partial charge in [0, 0.05) is 30.4 Å². The second-order valence-corrected chi connectivity index (χ2v) is 5.77. The molecule has 1 aromatic rings. The van der Waals surface area contributed by atoms with Crippen molar-refractivity contribution < 1.29 is 4.79 Å². The Morgan fingerprint density at radius 1 is 1.16 bits per heavy atom. The monoisotopic (exact) mass is 262 g/mol. The Morgan fingerprint density at radius 3 is 2.32 bits per heavy atom. The molecule has 3 heteroatoms. The van der Waals surface area contributed by atoms with Gasteiger partial charge in [0.25, 0.3) is 0 Å². The summed E-state index contributed by atoms with van der Waals surface area (Å²) >= 11 is 0. The smallest absolute Gasteiger partial charge is 0.222 e. The summed E-state index contributed by atoms with van der Waals surface area (Å²) in [6, 6.07) is 4.64. The lowest BCUT2D eigenvalue weighted by Gasteiger charge is -2.17. The normalized spacial score (nSPS) is 17.2. The van der Waals surface area contributed by atoms with Gasteiger partial charge >= 0.3 is 0 Å². The molecule has 0 saturated heterocycles. The van der Waals surface area contributed by atoms with E-state index in [1.54, 1.807) is 0 Å². The fourth-order valence-corrected chi connectivity index (χ4v) is 2.99. The predicted molar refractivity (Wildman–Crippen MR) is 78.2 cm³/mol. The van der Waals surface area contributed by atoms with Crippen molar-refractivity contribution in [2.45, 2.75) is 71.4 Å². The van der Waals surface area contributed by atoms with E-state index in [2.05, 4.69) is 35.9 Å². The minimum atomic E-state index is 0.208. The van der Waals surface area contributed by atoms with Gasteiger partial charge in [-0.1, -0.05) is 25.7 Å². The molecule has 0 aliphatic heterocycles. The Kier molecular flexibility index (Phi) is 5.06. The van der Waals surface area contributed by atoms with Crippen LogP contribution >= 0.6 is 0 Å². The minimum Gasteiger partial charge on any atom is -0.353 e. The summed E-state index contributed by atoms with van der Waals surface area (Å²) in [7, 11) is 0. The van der Waals surface area contributed by atoms with Gasteiger partial charge in [-0.3, -0.25) is 4.79 Å². The predicted octanol–water partition coefficient (Wildman–Crippen LogP) is 3.33. The van der Waals surface area contributed by atoms with E-state index in [1.165, 1.54) is 37.1 Å². The lowest BCUT2D eigenvalue weighted by molar-refractivity contribution is -0.122. The molecule has 1 N–H and O–H groups in total. The van der Waals surface area contributed by atoms with Gasteiger partial charge in [0.15, 0.2) is 0 Å². The van der Waals surface area contributed by atoms with Crippen molar-refractivity contribution >= 4 is 5.91 Å². The first-order valence-corrected chi connectivity index (χ1v) is 7.59. The molecule has 0 radical (unpaired) electrons. The molecule has 0 spiro atoms. The fourth-order valence-electron chi connectivity index (χ4n) is 2.99. The number of hydrogen-bond donors (Lipinski definition) is 1. The topological polar surface area (TPSA) is 34.0 Å². The summed E-state index contributed by atoms with van der Waals surface area (Å²) < 4.78 is 2.21. The van der Waals surface area contributed by atoms with Crippen molar-refractivity contribution in [2.75, 3.05) is 0 Å². The first-order chi connectivity index (χ1) is 9.16. The van der Waals surface area contributed by atoms with Crippen molar-refractivity contribution in [1.29, 1.82) is 0 Å². The highest BCUT2D eigenvalue weighted by Gasteiger charge is 2.14. The molecule has 1 aliphatic carbocycles. The van der Waals surface area contributed by atoms with Crippen molar-refractivity contribution in [1.82, 2.24) is 9.88 Å². The summed E-state index contributed by atoms with van der Waals surface area (Å²) in [4.78, 5) is 12.0. The van der Waals surface area contributed by atoms with Gasteiger partial charge in [-0.05, 0) is 38.8 Å². The second kappa shape index (κ2) is 6.78. The van der Waals surface area contributed by atoms with Crippen LogP contribution in [0.4, 0.5) is 0 Å². The summed E-state index contributed by atoms with van der Waals surface area (Å²) in [6.07, 6.45) is 8.09. The lowest BCUT2D eigenvalue weighted by Crippen LogP contribution is -2.34. The zero-order valence-electron chi connectivity index (χ0n) is 12.2. The Bertz CT molecular complexity index is 395. The quantitative estimate of drug-likeness (QED) is 0.830. The molecule has 1 heterocycles. The van der Waals surface area contributed by atoms with Gasteiger partial charge in [-0.2, -0.15) is 0 Å². The van der Waals surface area contributed by atoms with Crippen LogP contribution in [0.5, 0.6) is 0 Å². The molecule has 1 aromatic heterocycles. The lowest BCUT2D eigenvalue weighted by atomic mass is 10.1. The summed E-state index contributed by atoms with van der Waals surface area (Å²) in [5, 5.41) is 3.21. The first kappa shape index (κ1) is 14.2. The van der Waals surface area contributed by atoms with Gasteiger partial charge in [-0.25, -0.2) is 0 Å². The molecule has 1 aliphatic rings. The van der Waals surface area contributed by atoms with E-state index in [1.807, 2.05) is 0 Å². The molecular weight excluding hydrogens is 236 g/mol. The Morgan fingerprint density at radius 2 is 1.74 bits per heavy atom. The van der Waals surface area contributed by atoms with Crippen LogP contribution in [0.1, 0.15) is 56.3 Å². The third-order valence-corrected chi connectivity index (χ3v) is 4.20. The summed E-state index contributed by atoms with van der Waals surface area (Å²) in [6.45, 7) is 4.98. The summed E-state index contributed by atoms with van der Waals surface area (Å²) in [5.74, 6) is 0.208. The maximum Gasteiger partial charge on any atom is 0.222 e. The molecule has 0 aromatic carbocycles. The summed E-state index contributed by atoms with van der Waals surface area (Å²) in [5.41, 5.74) is 2.47. The van der Waals surface area contributed by atoms with Gasteiger partial charge < -0.3 is 9.88 Å². The standard InChI is InChI=1S/C16H26N2O/c1-13-9-10-14(2)18(13)12-11-16(19)17-15-7-5-3-4-6-8-15/h9-10,15H,3-8,11-12H2,1-2H3,(H,17,19). The molecular formula is C16H26N2O. The maximum absolute atomic E-state index is 12.0. The van der Waals surface area contributed by atoms with Gasteiger partial charge in [0.1, 0.15) is 0 Å². The van der Waals surface area contributed by atoms with Crippen LogP contribution in [0.25, 0.3) is 0 Å². The second-order valence-electron chi connectivity index (χ2n) is 5.77. The SMILES string of the molecule is Cc1ccc(C)n1CCC(=O)NC1CCCCCC1. The fraction of sp³-hybridized carbons (Fsp3) is 0.688. The van der Waals surface area contributed by atoms with E-state index in [-0.39, 0.29) is 5.91 Å². The molecule has 0 atom stereocenters. The van der Waals surface area contributed by atoms with Crippen LogP contribution in [-0.4, -0.2) is 16.5 Å². The van der Waals surface area contributed by atoms with E-state index in [9.17, 15) is 4.79 Å². The Balaban J connectivity index is 1.78. The average Bonchev–Trinajstić information content (AvgIpc) is 2.59. The highest BCUT2D eigenvalue weighted by atomic mass is 16.1. The zero-order valence-corrected chi connectivity index (χ0v) is 12.2. The third kappa shape index (κ3) is 4.12. The maximum atomic E-state index is 12.0. The van der Waals surface area contributed by atoms with Crippen LogP contribution in [0.2, 0.25) is 0 Å². The molecule has 2 rings (SSSR count). The van der Waals surface area contributed by atoms with Crippen LogP contribution in [0.15, 0.2) is 12.1 Å². The van der Waals surface area contributed by atoms with E-state index in [0.29, 0.717) is 12.5 Å². The molecule has 3 nitrogen and oxygen atoms in total. The van der Waals surface area contributed by atoms with Crippen molar-refractivity contribution in [2.24, 2.45) is 0 Å². The van der Waals surface area contributed by atoms with Crippen molar-refractivity contribution in [3.63, 3.8) is 0 Å². The van der Waals surface area contributed by atoms with Gasteiger partial charge in [0.05, 0.1) is 0 Å². The number of hydrogen-bond acceptors (Lipinski definition) is 1. The van der Waals surface area contributed by atoms with E-state index in [4.69, 9.17) is 0 Å². The molecule has 19 heavy (non-hydrogen) atoms. The number of nitrogens with one attached hydrogen (secondary N) is 1. The van der Waals surface area contributed by atoms with Gasteiger partial charge in [-0.15, -0.1) is 0 Å². The number of carbonyl (C=O) groups is 1. The number of nitrogens with zero attached hydrogens (tertiary/aromatic N) is 1. The highest BCUT2D eigenvalue weighted by molar-refractivity contribution is 5.76. The van der Waals surface area contributed by atoms with E-state index in [0.717, 1.165) is 19.4 Å². The molecule has 106 valence electrons. The van der Waals surface area contributed by atoms with Crippen molar-refractivity contribution in [3.05, 3.63) is 23.5 Å². The Hall–Kier alpha value is -1.25.